The molecule has 0 radical (unpaired) electrons. The summed E-state index contributed by atoms with van der Waals surface area (Å²) in [5.74, 6) is -0.547. The summed E-state index contributed by atoms with van der Waals surface area (Å²) in [5, 5.41) is 3.08. The third kappa shape index (κ3) is 5.58. The summed E-state index contributed by atoms with van der Waals surface area (Å²) in [6, 6.07) is 5.95. The van der Waals surface area contributed by atoms with E-state index in [9.17, 15) is 9.59 Å². The first-order chi connectivity index (χ1) is 9.02. The minimum Gasteiger partial charge on any atom is -0.464 e. The maximum Gasteiger partial charge on any atom is 0.343 e. The van der Waals surface area contributed by atoms with Gasteiger partial charge in [-0.1, -0.05) is 11.6 Å². The molecule has 19 heavy (non-hydrogen) atoms. The summed E-state index contributed by atoms with van der Waals surface area (Å²) in [7, 11) is 0. The highest BCUT2D eigenvalue weighted by Crippen LogP contribution is 2.13. The summed E-state index contributed by atoms with van der Waals surface area (Å²) >= 11 is 5.71. The van der Waals surface area contributed by atoms with E-state index in [1.165, 1.54) is 6.92 Å². The molecule has 0 heterocycles. The van der Waals surface area contributed by atoms with Gasteiger partial charge in [-0.25, -0.2) is 15.1 Å². The highest BCUT2D eigenvalue weighted by molar-refractivity contribution is 6.30. The molecule has 6 nitrogen and oxygen atoms in total. The van der Waals surface area contributed by atoms with Gasteiger partial charge in [-0.05, 0) is 38.1 Å². The van der Waals surface area contributed by atoms with Crippen molar-refractivity contribution in [1.29, 1.82) is 0 Å². The zero-order chi connectivity index (χ0) is 14.3. The van der Waals surface area contributed by atoms with Crippen LogP contribution < -0.4 is 10.8 Å². The highest BCUT2D eigenvalue weighted by atomic mass is 35.5. The lowest BCUT2D eigenvalue weighted by Crippen LogP contribution is -2.36. The summed E-state index contributed by atoms with van der Waals surface area (Å²) in [6.07, 6.45) is -0.879. The van der Waals surface area contributed by atoms with Crippen molar-refractivity contribution in [3.63, 3.8) is 0 Å². The number of rotatable bonds is 5. The number of esters is 1. The molecule has 0 bridgehead atoms. The summed E-state index contributed by atoms with van der Waals surface area (Å²) < 4.78 is 4.72. The quantitative estimate of drug-likeness (QED) is 0.643. The van der Waals surface area contributed by atoms with Gasteiger partial charge < -0.3 is 10.1 Å². The van der Waals surface area contributed by atoms with Gasteiger partial charge >= 0.3 is 12.0 Å². The summed E-state index contributed by atoms with van der Waals surface area (Å²) in [6.45, 7) is 3.41. The van der Waals surface area contributed by atoms with Gasteiger partial charge in [-0.3, -0.25) is 4.84 Å². The Morgan fingerprint density at radius 3 is 2.53 bits per heavy atom. The van der Waals surface area contributed by atoms with E-state index in [1.54, 1.807) is 31.2 Å². The van der Waals surface area contributed by atoms with Crippen molar-refractivity contribution in [2.24, 2.45) is 0 Å². The molecule has 2 amide bonds. The number of anilines is 1. The number of carbonyl (C=O) groups is 2. The first-order valence-electron chi connectivity index (χ1n) is 5.67. The molecule has 0 aliphatic heterocycles. The van der Waals surface area contributed by atoms with Crippen LogP contribution in [0, 0.1) is 0 Å². The molecular formula is C12H15ClN2O4. The third-order valence-electron chi connectivity index (χ3n) is 2.05. The van der Waals surface area contributed by atoms with E-state index in [0.717, 1.165) is 0 Å². The van der Waals surface area contributed by atoms with E-state index in [2.05, 4.69) is 10.8 Å². The Labute approximate surface area is 116 Å². The summed E-state index contributed by atoms with van der Waals surface area (Å²) in [4.78, 5) is 27.5. The number of benzene rings is 1. The number of ether oxygens (including phenoxy) is 1. The van der Waals surface area contributed by atoms with Crippen molar-refractivity contribution in [3.8, 4) is 0 Å². The third-order valence-corrected chi connectivity index (χ3v) is 2.30. The van der Waals surface area contributed by atoms with Crippen molar-refractivity contribution in [2.75, 3.05) is 11.9 Å². The van der Waals surface area contributed by atoms with Crippen molar-refractivity contribution >= 4 is 29.3 Å². The van der Waals surface area contributed by atoms with E-state index in [4.69, 9.17) is 21.2 Å². The van der Waals surface area contributed by atoms with Crippen LogP contribution in [-0.2, 0) is 14.4 Å². The lowest BCUT2D eigenvalue weighted by Gasteiger charge is -2.12. The van der Waals surface area contributed by atoms with Gasteiger partial charge in [0.05, 0.1) is 6.61 Å². The van der Waals surface area contributed by atoms with Gasteiger partial charge in [0.15, 0.2) is 6.10 Å². The predicted molar refractivity (Wildman–Crippen MR) is 70.8 cm³/mol. The number of hydrogen-bond acceptors (Lipinski definition) is 4. The maximum atomic E-state index is 11.4. The number of halogens is 1. The summed E-state index contributed by atoms with van der Waals surface area (Å²) in [5.41, 5.74) is 2.65. The second-order valence-electron chi connectivity index (χ2n) is 3.58. The molecule has 2 N–H and O–H groups in total. The molecule has 0 spiro atoms. The van der Waals surface area contributed by atoms with Crippen LogP contribution in [0.5, 0.6) is 0 Å². The molecule has 104 valence electrons. The zero-order valence-corrected chi connectivity index (χ0v) is 11.4. The van der Waals surface area contributed by atoms with E-state index >= 15 is 0 Å². The van der Waals surface area contributed by atoms with Crippen molar-refractivity contribution in [3.05, 3.63) is 29.3 Å². The molecule has 0 saturated carbocycles. The highest BCUT2D eigenvalue weighted by Gasteiger charge is 2.16. The average molecular weight is 287 g/mol. The predicted octanol–water partition coefficient (Wildman–Crippen LogP) is 2.34. The molecule has 1 atom stereocenters. The molecule has 0 aliphatic carbocycles. The monoisotopic (exact) mass is 286 g/mol. The Bertz CT molecular complexity index is 436. The molecular weight excluding hydrogens is 272 g/mol. The maximum absolute atomic E-state index is 11.4. The average Bonchev–Trinajstić information content (AvgIpc) is 2.39. The van der Waals surface area contributed by atoms with Crippen LogP contribution in [-0.4, -0.2) is 24.7 Å². The van der Waals surface area contributed by atoms with Crippen LogP contribution in [0.25, 0.3) is 0 Å². The fraction of sp³-hybridized carbons (Fsp3) is 0.333. The lowest BCUT2D eigenvalue weighted by molar-refractivity contribution is -0.158. The van der Waals surface area contributed by atoms with Crippen molar-refractivity contribution in [1.82, 2.24) is 5.48 Å². The number of hydroxylamine groups is 1. The molecule has 0 aliphatic rings. The minimum atomic E-state index is -0.879. The lowest BCUT2D eigenvalue weighted by atomic mass is 10.3. The normalized spacial score (nSPS) is 11.5. The second kappa shape index (κ2) is 7.60. The Morgan fingerprint density at radius 2 is 1.95 bits per heavy atom. The Morgan fingerprint density at radius 1 is 1.32 bits per heavy atom. The van der Waals surface area contributed by atoms with Crippen molar-refractivity contribution in [2.45, 2.75) is 20.0 Å². The van der Waals surface area contributed by atoms with Crippen LogP contribution >= 0.6 is 11.6 Å². The van der Waals surface area contributed by atoms with Gasteiger partial charge in [0.25, 0.3) is 0 Å². The molecule has 0 aromatic heterocycles. The topological polar surface area (TPSA) is 76.7 Å². The Hall–Kier alpha value is -1.79. The van der Waals surface area contributed by atoms with Crippen LogP contribution in [0.2, 0.25) is 5.02 Å². The molecule has 0 unspecified atom stereocenters. The Balaban J connectivity index is 2.35. The van der Waals surface area contributed by atoms with Gasteiger partial charge in [0, 0.05) is 10.7 Å². The van der Waals surface area contributed by atoms with E-state index < -0.39 is 18.1 Å². The van der Waals surface area contributed by atoms with E-state index in [1.807, 2.05) is 0 Å². The van der Waals surface area contributed by atoms with Crippen LogP contribution in [0.4, 0.5) is 10.5 Å². The molecule has 0 fully saturated rings. The molecule has 1 aromatic carbocycles. The van der Waals surface area contributed by atoms with Gasteiger partial charge in [-0.15, -0.1) is 0 Å². The molecule has 0 saturated heterocycles. The van der Waals surface area contributed by atoms with E-state index in [0.29, 0.717) is 10.7 Å². The zero-order valence-electron chi connectivity index (χ0n) is 10.6. The van der Waals surface area contributed by atoms with Crippen LogP contribution in [0.15, 0.2) is 24.3 Å². The smallest absolute Gasteiger partial charge is 0.343 e. The second-order valence-corrected chi connectivity index (χ2v) is 4.01. The Kier molecular flexibility index (Phi) is 6.11. The number of carbonyl (C=O) groups excluding carboxylic acids is 2. The largest absolute Gasteiger partial charge is 0.464 e. The minimum absolute atomic E-state index is 0.253. The van der Waals surface area contributed by atoms with Crippen LogP contribution in [0.1, 0.15) is 13.8 Å². The fourth-order valence-corrected chi connectivity index (χ4v) is 1.27. The molecule has 1 rings (SSSR count). The van der Waals surface area contributed by atoms with Gasteiger partial charge in [-0.2, -0.15) is 0 Å². The number of urea groups is 1. The first kappa shape index (κ1) is 15.3. The fourth-order valence-electron chi connectivity index (χ4n) is 1.14. The molecule has 7 heteroatoms. The number of nitrogens with one attached hydrogen (secondary N) is 2. The first-order valence-corrected chi connectivity index (χ1v) is 6.05. The van der Waals surface area contributed by atoms with Crippen molar-refractivity contribution < 1.29 is 19.2 Å². The standard InChI is InChI=1S/C12H15ClN2O4/c1-3-18-11(16)8(2)19-15-12(17)14-10-6-4-9(13)5-7-10/h4-8H,3H2,1-2H3,(H2,14,15,17)/t8-/m1/s1. The molecule has 1 aromatic rings. The number of hydrogen-bond donors (Lipinski definition) is 2. The SMILES string of the molecule is CCOC(=O)[C@@H](C)ONC(=O)Nc1ccc(Cl)cc1. The van der Waals surface area contributed by atoms with E-state index in [-0.39, 0.29) is 6.61 Å². The number of amides is 2. The van der Waals surface area contributed by atoms with Gasteiger partial charge in [0.2, 0.25) is 0 Å². The van der Waals surface area contributed by atoms with Crippen LogP contribution in [0.3, 0.4) is 0 Å². The van der Waals surface area contributed by atoms with Gasteiger partial charge in [0.1, 0.15) is 0 Å².